The first-order chi connectivity index (χ1) is 7.10. The van der Waals surface area contributed by atoms with Gasteiger partial charge in [-0.2, -0.15) is 4.99 Å². The maximum absolute atomic E-state index is 11.4. The van der Waals surface area contributed by atoms with Crippen LogP contribution in [-0.4, -0.2) is 19.2 Å². The van der Waals surface area contributed by atoms with E-state index >= 15 is 0 Å². The van der Waals surface area contributed by atoms with Crippen molar-refractivity contribution in [1.29, 1.82) is 0 Å². The molecule has 1 aromatic carbocycles. The molecule has 4 heteroatoms. The van der Waals surface area contributed by atoms with Crippen molar-refractivity contribution in [2.75, 3.05) is 7.11 Å². The monoisotopic (exact) mass is 205 g/mol. The van der Waals surface area contributed by atoms with Gasteiger partial charge in [0.2, 0.25) is 6.08 Å². The molecule has 0 aromatic heterocycles. The van der Waals surface area contributed by atoms with E-state index in [-0.39, 0.29) is 0 Å². The number of isocyanates is 1. The van der Waals surface area contributed by atoms with Crippen LogP contribution in [0.4, 0.5) is 5.69 Å². The van der Waals surface area contributed by atoms with Crippen LogP contribution in [0.3, 0.4) is 0 Å². The van der Waals surface area contributed by atoms with Gasteiger partial charge in [0.25, 0.3) is 0 Å². The minimum Gasteiger partial charge on any atom is -0.465 e. The molecule has 0 saturated carbocycles. The standard InChI is InChI=1S/C11H11NO3/c1-7-4-9(12-6-13)5-10(8(7)2)11(14)15-3/h4-5H,1-3H3. The molecule has 0 atom stereocenters. The van der Waals surface area contributed by atoms with Crippen LogP contribution >= 0.6 is 0 Å². The molecule has 0 spiro atoms. The molecule has 1 aromatic rings. The van der Waals surface area contributed by atoms with E-state index in [4.69, 9.17) is 0 Å². The molecule has 0 saturated heterocycles. The first-order valence-corrected chi connectivity index (χ1v) is 4.37. The Morgan fingerprint density at radius 1 is 1.40 bits per heavy atom. The molecule has 0 aliphatic rings. The molecule has 1 rings (SSSR count). The summed E-state index contributed by atoms with van der Waals surface area (Å²) in [6.45, 7) is 3.65. The number of hydrogen-bond acceptors (Lipinski definition) is 4. The molecule has 0 fully saturated rings. The lowest BCUT2D eigenvalue weighted by molar-refractivity contribution is 0.0600. The van der Waals surface area contributed by atoms with Crippen LogP contribution in [0.25, 0.3) is 0 Å². The summed E-state index contributed by atoms with van der Waals surface area (Å²) in [4.78, 5) is 25.0. The SMILES string of the molecule is COC(=O)c1cc(N=C=O)cc(C)c1C. The van der Waals surface area contributed by atoms with Crippen molar-refractivity contribution in [2.45, 2.75) is 13.8 Å². The number of aliphatic imine (C=N–C) groups is 1. The van der Waals surface area contributed by atoms with E-state index in [1.54, 1.807) is 6.07 Å². The third-order valence-electron chi connectivity index (χ3n) is 2.23. The van der Waals surface area contributed by atoms with Gasteiger partial charge in [0.1, 0.15) is 0 Å². The van der Waals surface area contributed by atoms with E-state index in [2.05, 4.69) is 9.73 Å². The zero-order valence-electron chi connectivity index (χ0n) is 8.83. The van der Waals surface area contributed by atoms with E-state index in [0.29, 0.717) is 11.3 Å². The molecule has 0 N–H and O–H groups in total. The first-order valence-electron chi connectivity index (χ1n) is 4.37. The van der Waals surface area contributed by atoms with E-state index in [9.17, 15) is 9.59 Å². The fourth-order valence-corrected chi connectivity index (χ4v) is 1.28. The largest absolute Gasteiger partial charge is 0.465 e. The Hall–Kier alpha value is -1.93. The lowest BCUT2D eigenvalue weighted by Crippen LogP contribution is -2.04. The summed E-state index contributed by atoms with van der Waals surface area (Å²) < 4.78 is 4.63. The van der Waals surface area contributed by atoms with E-state index in [0.717, 1.165) is 11.1 Å². The normalized spacial score (nSPS) is 9.27. The van der Waals surface area contributed by atoms with Crippen LogP contribution in [0, 0.1) is 13.8 Å². The maximum atomic E-state index is 11.4. The molecular weight excluding hydrogens is 194 g/mol. The Morgan fingerprint density at radius 2 is 2.07 bits per heavy atom. The van der Waals surface area contributed by atoms with Crippen LogP contribution in [0.15, 0.2) is 17.1 Å². The average Bonchev–Trinajstić information content (AvgIpc) is 2.22. The molecule has 0 amide bonds. The van der Waals surface area contributed by atoms with Gasteiger partial charge in [-0.05, 0) is 37.1 Å². The minimum atomic E-state index is -0.432. The summed E-state index contributed by atoms with van der Waals surface area (Å²) in [5, 5.41) is 0. The van der Waals surface area contributed by atoms with Gasteiger partial charge in [-0.3, -0.25) is 0 Å². The molecule has 15 heavy (non-hydrogen) atoms. The zero-order valence-corrected chi connectivity index (χ0v) is 8.83. The van der Waals surface area contributed by atoms with Gasteiger partial charge in [0, 0.05) is 0 Å². The fraction of sp³-hybridized carbons (Fsp3) is 0.273. The smallest absolute Gasteiger partial charge is 0.338 e. The number of esters is 1. The van der Waals surface area contributed by atoms with Crippen molar-refractivity contribution < 1.29 is 14.3 Å². The molecule has 4 nitrogen and oxygen atoms in total. The number of rotatable bonds is 2. The Morgan fingerprint density at radius 3 is 2.60 bits per heavy atom. The van der Waals surface area contributed by atoms with Crippen LogP contribution in [0.5, 0.6) is 0 Å². The number of nitrogens with zero attached hydrogens (tertiary/aromatic N) is 1. The van der Waals surface area contributed by atoms with Crippen molar-refractivity contribution in [3.05, 3.63) is 28.8 Å². The quantitative estimate of drug-likeness (QED) is 0.422. The summed E-state index contributed by atoms with van der Waals surface area (Å²) in [6.07, 6.45) is 1.44. The second-order valence-electron chi connectivity index (χ2n) is 3.13. The highest BCUT2D eigenvalue weighted by atomic mass is 16.5. The Balaban J connectivity index is 3.37. The Kier molecular flexibility index (Phi) is 3.37. The minimum absolute atomic E-state index is 0.411. The second-order valence-corrected chi connectivity index (χ2v) is 3.13. The van der Waals surface area contributed by atoms with Crippen molar-refractivity contribution >= 4 is 17.7 Å². The van der Waals surface area contributed by atoms with Crippen LogP contribution in [0.2, 0.25) is 0 Å². The molecule has 0 bridgehead atoms. The summed E-state index contributed by atoms with van der Waals surface area (Å²) >= 11 is 0. The zero-order chi connectivity index (χ0) is 11.4. The Labute approximate surface area is 87.6 Å². The molecule has 78 valence electrons. The number of aryl methyl sites for hydroxylation is 1. The van der Waals surface area contributed by atoms with Crippen molar-refractivity contribution in [1.82, 2.24) is 0 Å². The molecule has 0 unspecified atom stereocenters. The number of hydrogen-bond donors (Lipinski definition) is 0. The first kappa shape index (κ1) is 11.1. The van der Waals surface area contributed by atoms with E-state index in [1.807, 2.05) is 13.8 Å². The highest BCUT2D eigenvalue weighted by Gasteiger charge is 2.12. The van der Waals surface area contributed by atoms with Crippen molar-refractivity contribution in [2.24, 2.45) is 4.99 Å². The molecule has 0 radical (unpaired) electrons. The molecule has 0 heterocycles. The third-order valence-corrected chi connectivity index (χ3v) is 2.23. The summed E-state index contributed by atoms with van der Waals surface area (Å²) in [5.41, 5.74) is 2.54. The lowest BCUT2D eigenvalue weighted by atomic mass is 10.0. The van der Waals surface area contributed by atoms with Gasteiger partial charge in [0.05, 0.1) is 18.4 Å². The summed E-state index contributed by atoms with van der Waals surface area (Å²) in [5.74, 6) is -0.432. The molecular formula is C11H11NO3. The van der Waals surface area contributed by atoms with Crippen molar-refractivity contribution in [3.8, 4) is 0 Å². The van der Waals surface area contributed by atoms with Crippen molar-refractivity contribution in [3.63, 3.8) is 0 Å². The molecule has 0 aliphatic carbocycles. The number of benzene rings is 1. The number of carbonyl (C=O) groups is 1. The maximum Gasteiger partial charge on any atom is 0.338 e. The number of carbonyl (C=O) groups excluding carboxylic acids is 2. The van der Waals surface area contributed by atoms with E-state index < -0.39 is 5.97 Å². The van der Waals surface area contributed by atoms with Crippen LogP contribution in [-0.2, 0) is 9.53 Å². The average molecular weight is 205 g/mol. The topological polar surface area (TPSA) is 55.7 Å². The molecule has 0 aliphatic heterocycles. The Bertz CT molecular complexity index is 445. The highest BCUT2D eigenvalue weighted by molar-refractivity contribution is 5.92. The van der Waals surface area contributed by atoms with Gasteiger partial charge < -0.3 is 4.74 Å². The van der Waals surface area contributed by atoms with E-state index in [1.165, 1.54) is 19.3 Å². The van der Waals surface area contributed by atoms with Gasteiger partial charge in [-0.1, -0.05) is 0 Å². The van der Waals surface area contributed by atoms with Crippen LogP contribution in [0.1, 0.15) is 21.5 Å². The second kappa shape index (κ2) is 4.53. The number of ether oxygens (including phenoxy) is 1. The summed E-state index contributed by atoms with van der Waals surface area (Å²) in [7, 11) is 1.31. The van der Waals surface area contributed by atoms with Gasteiger partial charge in [-0.25, -0.2) is 9.59 Å². The van der Waals surface area contributed by atoms with Gasteiger partial charge >= 0.3 is 5.97 Å². The fourth-order valence-electron chi connectivity index (χ4n) is 1.28. The predicted molar refractivity (Wildman–Crippen MR) is 55.0 cm³/mol. The number of methoxy groups -OCH3 is 1. The predicted octanol–water partition coefficient (Wildman–Crippen LogP) is 2.06. The highest BCUT2D eigenvalue weighted by Crippen LogP contribution is 2.22. The van der Waals surface area contributed by atoms with Crippen LogP contribution < -0.4 is 0 Å². The third kappa shape index (κ3) is 2.30. The summed E-state index contributed by atoms with van der Waals surface area (Å²) in [6, 6.07) is 3.23. The van der Waals surface area contributed by atoms with Gasteiger partial charge in [-0.15, -0.1) is 0 Å². The lowest BCUT2D eigenvalue weighted by Gasteiger charge is -2.07. The van der Waals surface area contributed by atoms with Gasteiger partial charge in [0.15, 0.2) is 0 Å².